The van der Waals surface area contributed by atoms with Crippen molar-refractivity contribution < 1.29 is 27.5 Å². The summed E-state index contributed by atoms with van der Waals surface area (Å²) in [5.74, 6) is 5.59. The molecule has 45 heavy (non-hydrogen) atoms. The number of hydrogen-bond donors (Lipinski definition) is 2. The van der Waals surface area contributed by atoms with E-state index in [2.05, 4.69) is 32.7 Å². The van der Waals surface area contributed by atoms with Gasteiger partial charge in [0.1, 0.15) is 12.2 Å². The van der Waals surface area contributed by atoms with Crippen molar-refractivity contribution in [3.63, 3.8) is 0 Å². The highest BCUT2D eigenvalue weighted by Crippen LogP contribution is 2.80. The topological polar surface area (TPSA) is 101 Å². The molecule has 234 valence electrons. The van der Waals surface area contributed by atoms with Crippen LogP contribution >= 0.6 is 0 Å². The van der Waals surface area contributed by atoms with Gasteiger partial charge in [-0.15, -0.1) is 10.2 Å². The van der Waals surface area contributed by atoms with Crippen LogP contribution in [-0.4, -0.2) is 51.9 Å². The number of amides is 2. The summed E-state index contributed by atoms with van der Waals surface area (Å²) in [6.07, 6.45) is -0.624. The molecule has 1 aromatic heterocycles. The quantitative estimate of drug-likeness (QED) is 0.280. The molecule has 4 aliphatic rings. The van der Waals surface area contributed by atoms with Crippen LogP contribution in [0.4, 0.5) is 18.9 Å². The molecule has 2 aliphatic carbocycles. The molecule has 12 heteroatoms. The average Bonchev–Trinajstić information content (AvgIpc) is 3.47. The molecule has 4 atom stereocenters. The molecular weight excluding hydrogens is 585 g/mol. The van der Waals surface area contributed by atoms with E-state index in [0.717, 1.165) is 36.9 Å². The Labute approximate surface area is 258 Å². The van der Waals surface area contributed by atoms with Gasteiger partial charge in [0.2, 0.25) is 0 Å². The maximum absolute atomic E-state index is 14.3. The van der Waals surface area contributed by atoms with Gasteiger partial charge in [-0.2, -0.15) is 13.2 Å². The molecule has 2 N–H and O–H groups in total. The second kappa shape index (κ2) is 10.7. The molecule has 2 aromatic carbocycles. The zero-order valence-electron chi connectivity index (χ0n) is 25.0. The second-order valence-electron chi connectivity index (χ2n) is 12.4. The van der Waals surface area contributed by atoms with Crippen molar-refractivity contribution in [2.24, 2.45) is 18.9 Å². The molecule has 1 saturated heterocycles. The fourth-order valence-corrected chi connectivity index (χ4v) is 8.05. The molecule has 9 nitrogen and oxygen atoms in total. The summed E-state index contributed by atoms with van der Waals surface area (Å²) in [7, 11) is 1.91. The van der Waals surface area contributed by atoms with Crippen molar-refractivity contribution in [2.75, 3.05) is 24.6 Å². The number of nitrogens with zero attached hydrogens (tertiary/aromatic N) is 4. The third kappa shape index (κ3) is 4.63. The van der Waals surface area contributed by atoms with Crippen molar-refractivity contribution in [3.05, 3.63) is 76.4 Å². The summed E-state index contributed by atoms with van der Waals surface area (Å²) >= 11 is 0. The van der Waals surface area contributed by atoms with Gasteiger partial charge in [0, 0.05) is 43.9 Å². The summed E-state index contributed by atoms with van der Waals surface area (Å²) in [6.45, 7) is 3.15. The lowest BCUT2D eigenvalue weighted by atomic mass is 9.61. The van der Waals surface area contributed by atoms with Crippen molar-refractivity contribution in [2.45, 2.75) is 56.5 Å². The smallest absolute Gasteiger partial charge is 0.374 e. The van der Waals surface area contributed by atoms with Gasteiger partial charge in [-0.25, -0.2) is 0 Å². The largest absolute Gasteiger partial charge is 0.416 e. The highest BCUT2D eigenvalue weighted by atomic mass is 19.4. The molecular formula is C33H33F3N6O3. The number of fused-ring (bicyclic) bond motifs is 2. The zero-order valence-corrected chi connectivity index (χ0v) is 25.0. The monoisotopic (exact) mass is 618 g/mol. The first-order valence-electron chi connectivity index (χ1n) is 15.2. The Kier molecular flexibility index (Phi) is 7.02. The van der Waals surface area contributed by atoms with E-state index >= 15 is 0 Å². The molecule has 1 spiro atoms. The first kappa shape index (κ1) is 29.5. The number of aromatic nitrogens is 3. The minimum absolute atomic E-state index is 0.0165. The van der Waals surface area contributed by atoms with Crippen LogP contribution in [0.5, 0.6) is 0 Å². The maximum atomic E-state index is 14.3. The normalized spacial score (nSPS) is 26.0. The van der Waals surface area contributed by atoms with Crippen LogP contribution in [0.3, 0.4) is 0 Å². The Morgan fingerprint density at radius 3 is 2.80 bits per heavy atom. The van der Waals surface area contributed by atoms with Crippen molar-refractivity contribution in [3.8, 4) is 11.8 Å². The summed E-state index contributed by atoms with van der Waals surface area (Å²) in [5.41, 5.74) is 0.555. The lowest BCUT2D eigenvalue weighted by Gasteiger charge is -2.46. The molecule has 0 bridgehead atoms. The Hall–Kier alpha value is -4.21. The molecule has 2 unspecified atom stereocenters. The third-order valence-corrected chi connectivity index (χ3v) is 9.91. The van der Waals surface area contributed by atoms with Gasteiger partial charge in [0.05, 0.1) is 23.1 Å². The van der Waals surface area contributed by atoms with E-state index in [0.29, 0.717) is 36.7 Å². The van der Waals surface area contributed by atoms with Crippen LogP contribution in [0.25, 0.3) is 0 Å². The van der Waals surface area contributed by atoms with Gasteiger partial charge in [0.25, 0.3) is 11.8 Å². The highest BCUT2D eigenvalue weighted by Gasteiger charge is 2.86. The van der Waals surface area contributed by atoms with Gasteiger partial charge < -0.3 is 24.8 Å². The number of anilines is 1. The molecule has 3 heterocycles. The standard InChI is InChI=1S/C33H33F3N6O3/c1-3-6-27(43)38-11-5-10-37-16-20-13-23-24(26(14-20)33(34,35)36)17-42(29(23)44)22-8-4-7-21(15-22)31(30-40-39-19-41(30)2)18-32-25(28(31)32)9-12-45-32/h4,7-8,13-15,19,25,28,37H,5,9-12,16-18H2,1-2H3,(H,38,43)/t25?,28?,31-,32-/m0/s1. The molecule has 2 saturated carbocycles. The summed E-state index contributed by atoms with van der Waals surface area (Å²) in [5, 5.41) is 14.4. The molecule has 2 aliphatic heterocycles. The van der Waals surface area contributed by atoms with Crippen LogP contribution < -0.4 is 15.5 Å². The fourth-order valence-electron chi connectivity index (χ4n) is 8.05. The minimum Gasteiger partial charge on any atom is -0.374 e. The van der Waals surface area contributed by atoms with E-state index in [4.69, 9.17) is 4.74 Å². The Morgan fingerprint density at radius 1 is 1.22 bits per heavy atom. The van der Waals surface area contributed by atoms with Crippen LogP contribution in [0, 0.1) is 23.7 Å². The molecule has 0 radical (unpaired) electrons. The van der Waals surface area contributed by atoms with E-state index in [1.54, 1.807) is 25.4 Å². The van der Waals surface area contributed by atoms with Gasteiger partial charge in [0.15, 0.2) is 0 Å². The van der Waals surface area contributed by atoms with E-state index in [1.807, 2.05) is 29.8 Å². The Morgan fingerprint density at radius 2 is 2.07 bits per heavy atom. The summed E-state index contributed by atoms with van der Waals surface area (Å²) in [4.78, 5) is 26.6. The maximum Gasteiger partial charge on any atom is 0.416 e. The van der Waals surface area contributed by atoms with Gasteiger partial charge in [-0.1, -0.05) is 18.1 Å². The number of ether oxygens (including phenoxy) is 1. The van der Waals surface area contributed by atoms with Crippen LogP contribution in [-0.2, 0) is 41.3 Å². The first-order valence-corrected chi connectivity index (χ1v) is 15.2. The van der Waals surface area contributed by atoms with E-state index < -0.39 is 23.1 Å². The van der Waals surface area contributed by atoms with Gasteiger partial charge >= 0.3 is 6.18 Å². The summed E-state index contributed by atoms with van der Waals surface area (Å²) in [6, 6.07) is 10.3. The average molecular weight is 619 g/mol. The first-order chi connectivity index (χ1) is 21.6. The number of carbonyl (C=O) groups is 2. The number of halogens is 3. The summed E-state index contributed by atoms with van der Waals surface area (Å²) < 4.78 is 51.0. The highest BCUT2D eigenvalue weighted by molar-refractivity contribution is 6.10. The molecule has 7 rings (SSSR count). The van der Waals surface area contributed by atoms with Crippen LogP contribution in [0.2, 0.25) is 0 Å². The van der Waals surface area contributed by atoms with E-state index in [9.17, 15) is 22.8 Å². The van der Waals surface area contributed by atoms with E-state index in [1.165, 1.54) is 4.90 Å². The van der Waals surface area contributed by atoms with Crippen LogP contribution in [0.15, 0.2) is 42.7 Å². The van der Waals surface area contributed by atoms with Gasteiger partial charge in [-0.05, 0) is 85.5 Å². The van der Waals surface area contributed by atoms with Crippen molar-refractivity contribution in [1.29, 1.82) is 0 Å². The number of rotatable bonds is 9. The fraction of sp³-hybridized carbons (Fsp3) is 0.455. The number of alkyl halides is 3. The predicted molar refractivity (Wildman–Crippen MR) is 158 cm³/mol. The Balaban J connectivity index is 1.13. The predicted octanol–water partition coefficient (Wildman–Crippen LogP) is 3.71. The lowest BCUT2D eigenvalue weighted by Crippen LogP contribution is -2.50. The van der Waals surface area contributed by atoms with Crippen molar-refractivity contribution >= 4 is 17.5 Å². The number of hydrogen-bond acceptors (Lipinski definition) is 6. The Bertz CT molecular complexity index is 1760. The molecule has 2 amide bonds. The number of aryl methyl sites for hydroxylation is 1. The zero-order chi connectivity index (χ0) is 31.6. The number of nitrogens with one attached hydrogen (secondary N) is 2. The minimum atomic E-state index is -4.62. The van der Waals surface area contributed by atoms with Crippen molar-refractivity contribution in [1.82, 2.24) is 25.4 Å². The number of benzene rings is 2. The van der Waals surface area contributed by atoms with E-state index in [-0.39, 0.29) is 41.6 Å². The molecule has 3 fully saturated rings. The lowest BCUT2D eigenvalue weighted by molar-refractivity contribution is -0.138. The SMILES string of the molecule is CC#CC(=O)NCCCNCc1cc2c(c(C(F)(F)F)c1)CN(c1cccc([C@@]3(c4nncn4C)C[C@]45OCCC4C35)c1)C2=O. The molecule has 3 aromatic rings. The second-order valence-corrected chi connectivity index (χ2v) is 12.4. The number of carbonyl (C=O) groups excluding carboxylic acids is 2. The van der Waals surface area contributed by atoms with Crippen LogP contribution in [0.1, 0.15) is 64.6 Å². The third-order valence-electron chi connectivity index (χ3n) is 9.91. The van der Waals surface area contributed by atoms with Gasteiger partial charge in [-0.3, -0.25) is 9.59 Å².